The number of esters is 6. The maximum Gasteiger partial charge on any atom is 0.338 e. The highest BCUT2D eigenvalue weighted by Crippen LogP contribution is 2.35. The molecular formula is C34H43NO17. The summed E-state index contributed by atoms with van der Waals surface area (Å²) < 4.78 is 57.1. The minimum Gasteiger partial charge on any atom is -0.463 e. The molecule has 0 aromatic heterocycles. The summed E-state index contributed by atoms with van der Waals surface area (Å²) in [5, 5.41) is 2.58. The second kappa shape index (κ2) is 19.1. The number of hydrogen-bond acceptors (Lipinski definition) is 17. The Labute approximate surface area is 299 Å². The summed E-state index contributed by atoms with van der Waals surface area (Å²) >= 11 is 0. The van der Waals surface area contributed by atoms with Crippen molar-refractivity contribution in [2.24, 2.45) is 0 Å². The van der Waals surface area contributed by atoms with Crippen LogP contribution in [0.2, 0.25) is 0 Å². The number of rotatable bonds is 14. The van der Waals surface area contributed by atoms with Crippen molar-refractivity contribution >= 4 is 41.7 Å². The molecule has 3 rings (SSSR count). The van der Waals surface area contributed by atoms with Gasteiger partial charge >= 0.3 is 35.8 Å². The number of ether oxygens (including phenoxy) is 10. The fourth-order valence-electron chi connectivity index (χ4n) is 5.51. The summed E-state index contributed by atoms with van der Waals surface area (Å²) in [5.41, 5.74) is -0.0376. The topological polar surface area (TPSA) is 224 Å². The van der Waals surface area contributed by atoms with Gasteiger partial charge in [0.15, 0.2) is 37.0 Å². The Hall–Kier alpha value is -4.91. The molecule has 52 heavy (non-hydrogen) atoms. The number of hydrogen-bond donors (Lipinski definition) is 1. The third-order valence-corrected chi connectivity index (χ3v) is 7.34. The first kappa shape index (κ1) is 41.5. The van der Waals surface area contributed by atoms with E-state index >= 15 is 0 Å². The van der Waals surface area contributed by atoms with Gasteiger partial charge < -0.3 is 52.7 Å². The van der Waals surface area contributed by atoms with Crippen LogP contribution in [-0.4, -0.2) is 116 Å². The first-order valence-electron chi connectivity index (χ1n) is 16.1. The zero-order valence-corrected chi connectivity index (χ0v) is 29.7. The third-order valence-electron chi connectivity index (χ3n) is 7.34. The average Bonchev–Trinajstić information content (AvgIpc) is 3.03. The van der Waals surface area contributed by atoms with Crippen LogP contribution < -0.4 is 10.1 Å². The second-order valence-corrected chi connectivity index (χ2v) is 11.7. The highest BCUT2D eigenvalue weighted by Gasteiger charge is 2.56. The maximum atomic E-state index is 13.6. The van der Waals surface area contributed by atoms with Gasteiger partial charge in [0.2, 0.25) is 5.91 Å². The first-order valence-corrected chi connectivity index (χ1v) is 16.1. The molecule has 2 aliphatic heterocycles. The monoisotopic (exact) mass is 737 g/mol. The average molecular weight is 738 g/mol. The molecule has 2 fully saturated rings. The molecule has 0 bridgehead atoms. The van der Waals surface area contributed by atoms with E-state index in [-0.39, 0.29) is 17.9 Å². The third kappa shape index (κ3) is 11.8. The summed E-state index contributed by atoms with van der Waals surface area (Å²) in [4.78, 5) is 86.5. The van der Waals surface area contributed by atoms with Gasteiger partial charge in [-0.25, -0.2) is 4.79 Å². The number of amides is 1. The Kier molecular flexibility index (Phi) is 15.2. The van der Waals surface area contributed by atoms with Crippen LogP contribution in [0, 0.1) is 0 Å². The number of carbonyl (C=O) groups excluding carboxylic acids is 7. The summed E-state index contributed by atoms with van der Waals surface area (Å²) in [7, 11) is 0. The Bertz CT molecular complexity index is 1500. The lowest BCUT2D eigenvalue weighted by atomic mass is 9.94. The van der Waals surface area contributed by atoms with Gasteiger partial charge in [0.1, 0.15) is 30.6 Å². The molecular weight excluding hydrogens is 694 g/mol. The summed E-state index contributed by atoms with van der Waals surface area (Å²) in [5.74, 6) is -5.36. The van der Waals surface area contributed by atoms with E-state index in [1.807, 2.05) is 0 Å². The molecule has 1 N–H and O–H groups in total. The minimum absolute atomic E-state index is 0.0376. The van der Waals surface area contributed by atoms with E-state index in [1.165, 1.54) is 44.2 Å². The van der Waals surface area contributed by atoms with Gasteiger partial charge in [-0.05, 0) is 25.1 Å². The molecule has 0 spiro atoms. The number of carbonyl (C=O) groups is 7. The van der Waals surface area contributed by atoms with E-state index < -0.39 is 110 Å². The van der Waals surface area contributed by atoms with Crippen molar-refractivity contribution in [3.8, 4) is 5.75 Å². The lowest BCUT2D eigenvalue weighted by molar-refractivity contribution is -0.343. The largest absolute Gasteiger partial charge is 0.463 e. The molecule has 2 aliphatic rings. The predicted molar refractivity (Wildman–Crippen MR) is 172 cm³/mol. The highest BCUT2D eigenvalue weighted by atomic mass is 16.8. The fraction of sp³-hybridized carbons (Fsp3) is 0.559. The van der Waals surface area contributed by atoms with Crippen LogP contribution in [0.1, 0.15) is 58.8 Å². The van der Waals surface area contributed by atoms with Gasteiger partial charge in [-0.1, -0.05) is 12.1 Å². The van der Waals surface area contributed by atoms with Crippen molar-refractivity contribution in [3.05, 3.63) is 42.5 Å². The van der Waals surface area contributed by atoms with Gasteiger partial charge in [0.05, 0.1) is 18.3 Å². The lowest BCUT2D eigenvalue weighted by Gasteiger charge is -2.49. The van der Waals surface area contributed by atoms with E-state index in [0.717, 1.165) is 34.6 Å². The Morgan fingerprint density at radius 3 is 1.96 bits per heavy atom. The van der Waals surface area contributed by atoms with E-state index in [9.17, 15) is 33.6 Å². The molecule has 18 nitrogen and oxygen atoms in total. The van der Waals surface area contributed by atoms with E-state index in [0.29, 0.717) is 0 Å². The number of nitrogens with one attached hydrogen (secondary N) is 1. The Morgan fingerprint density at radius 2 is 1.38 bits per heavy atom. The maximum absolute atomic E-state index is 13.6. The molecule has 0 aliphatic carbocycles. The van der Waals surface area contributed by atoms with Crippen LogP contribution in [-0.2, 0) is 71.4 Å². The summed E-state index contributed by atoms with van der Waals surface area (Å²) in [6, 6.07) is 4.14. The molecule has 10 atom stereocenters. The van der Waals surface area contributed by atoms with Crippen LogP contribution in [0.5, 0.6) is 5.75 Å². The molecule has 1 aromatic rings. The molecule has 0 saturated carbocycles. The van der Waals surface area contributed by atoms with Gasteiger partial charge in [0.25, 0.3) is 0 Å². The zero-order valence-electron chi connectivity index (χ0n) is 29.7. The highest BCUT2D eigenvalue weighted by molar-refractivity contribution is 5.90. The van der Waals surface area contributed by atoms with Gasteiger partial charge in [-0.15, -0.1) is 6.58 Å². The van der Waals surface area contributed by atoms with Crippen molar-refractivity contribution in [2.75, 3.05) is 13.2 Å². The molecule has 286 valence electrons. The van der Waals surface area contributed by atoms with Gasteiger partial charge in [0, 0.05) is 41.5 Å². The minimum atomic E-state index is -1.66. The lowest BCUT2D eigenvalue weighted by Crippen LogP contribution is -2.69. The van der Waals surface area contributed by atoms with Gasteiger partial charge in [-0.2, -0.15) is 0 Å². The SMILES string of the molecule is C=CCO[C@@H]1O[C@@H](C)[C@H](OC(=O)c2cccc(OC(C)=O)c2)[C@@H](O[C@@H]2O[C@H](COC(C)=O)[C@@H](OC(C)=O)[C@H](OC(C)=O)[C@H]2NC(C)=O)[C@H]1OC(C)=O. The summed E-state index contributed by atoms with van der Waals surface area (Å²) in [6.45, 7) is 11.3. The standard InChI is InChI=1S/C34H43NO17/c1-9-13-43-34-31(49-22(8)41)30(27(16(2)45-34)51-32(42)23-11-10-12-24(14-23)46-19(5)38)52-33-26(35-17(3)36)29(48-21(7)40)28(47-20(6)39)25(50-33)15-44-18(4)37/h9-12,14,16,25-31,33-34H,1,13,15H2,2-8H3,(H,35,36)/t16-,25+,26+,27-,28+,29+,30+,31+,33-,34+/m0/s1. The Morgan fingerprint density at radius 1 is 0.750 bits per heavy atom. The predicted octanol–water partition coefficient (Wildman–Crippen LogP) is 1.06. The van der Waals surface area contributed by atoms with E-state index in [4.69, 9.17) is 47.4 Å². The smallest absolute Gasteiger partial charge is 0.338 e. The molecule has 0 radical (unpaired) electrons. The van der Waals surface area contributed by atoms with Crippen molar-refractivity contribution in [1.29, 1.82) is 0 Å². The van der Waals surface area contributed by atoms with Crippen molar-refractivity contribution in [1.82, 2.24) is 5.32 Å². The quantitative estimate of drug-likeness (QED) is 0.122. The molecule has 2 heterocycles. The van der Waals surface area contributed by atoms with E-state index in [1.54, 1.807) is 0 Å². The Balaban J connectivity index is 2.15. The van der Waals surface area contributed by atoms with Crippen LogP contribution in [0.15, 0.2) is 36.9 Å². The van der Waals surface area contributed by atoms with Crippen molar-refractivity contribution in [2.45, 2.75) is 110 Å². The summed E-state index contributed by atoms with van der Waals surface area (Å²) in [6.07, 6.45) is -11.3. The first-order chi connectivity index (χ1) is 24.5. The van der Waals surface area contributed by atoms with Crippen LogP contribution in [0.4, 0.5) is 0 Å². The molecule has 1 aromatic carbocycles. The van der Waals surface area contributed by atoms with Crippen LogP contribution in [0.3, 0.4) is 0 Å². The zero-order chi connectivity index (χ0) is 38.7. The van der Waals surface area contributed by atoms with Gasteiger partial charge in [-0.3, -0.25) is 28.8 Å². The van der Waals surface area contributed by atoms with Crippen molar-refractivity contribution < 1.29 is 80.9 Å². The normalized spacial score (nSPS) is 28.3. The molecule has 18 heteroatoms. The second-order valence-electron chi connectivity index (χ2n) is 11.7. The number of benzene rings is 1. The van der Waals surface area contributed by atoms with Crippen LogP contribution in [0.25, 0.3) is 0 Å². The molecule has 2 saturated heterocycles. The van der Waals surface area contributed by atoms with Crippen molar-refractivity contribution in [3.63, 3.8) is 0 Å². The van der Waals surface area contributed by atoms with Crippen LogP contribution >= 0.6 is 0 Å². The molecule has 1 amide bonds. The fourth-order valence-corrected chi connectivity index (χ4v) is 5.51. The molecule has 0 unspecified atom stereocenters. The van der Waals surface area contributed by atoms with E-state index in [2.05, 4.69) is 11.9 Å².